The molecule has 9 rings (SSSR count). The maximum Gasteiger partial charge on any atom is 0.0543 e. The second-order valence-electron chi connectivity index (χ2n) is 15.3. The Labute approximate surface area is 324 Å². The van der Waals surface area contributed by atoms with Gasteiger partial charge in [0, 0.05) is 16.8 Å². The molecule has 9 aromatic carbocycles. The molecular formula is C54H43N. The minimum atomic E-state index is -0.0480. The molecule has 0 aliphatic carbocycles. The highest BCUT2D eigenvalue weighted by atomic mass is 15.1. The van der Waals surface area contributed by atoms with E-state index in [1.54, 1.807) is 0 Å². The van der Waals surface area contributed by atoms with Gasteiger partial charge in [-0.25, -0.2) is 0 Å². The zero-order valence-corrected chi connectivity index (χ0v) is 31.6. The Balaban J connectivity index is 1.31. The van der Waals surface area contributed by atoms with E-state index >= 15 is 0 Å². The SMILES string of the molecule is CC(C)(C)c1ccc(-c2ccccc2)c(N(c2ccc(-c3cccc4ccccc34)cc2)c2ccccc2-c2cccc3cccc(-c4ccccc4)c23)c1. The summed E-state index contributed by atoms with van der Waals surface area (Å²) < 4.78 is 0. The van der Waals surface area contributed by atoms with E-state index in [4.69, 9.17) is 0 Å². The summed E-state index contributed by atoms with van der Waals surface area (Å²) >= 11 is 0. The van der Waals surface area contributed by atoms with Crippen molar-refractivity contribution in [2.75, 3.05) is 4.90 Å². The van der Waals surface area contributed by atoms with Gasteiger partial charge in [-0.2, -0.15) is 0 Å². The highest BCUT2D eigenvalue weighted by Crippen LogP contribution is 2.48. The van der Waals surface area contributed by atoms with Crippen LogP contribution in [-0.4, -0.2) is 0 Å². The van der Waals surface area contributed by atoms with E-state index in [0.717, 1.165) is 17.1 Å². The molecule has 0 heterocycles. The molecule has 0 fully saturated rings. The molecule has 264 valence electrons. The fraction of sp³-hybridized carbons (Fsp3) is 0.0741. The lowest BCUT2D eigenvalue weighted by Gasteiger charge is -2.32. The van der Waals surface area contributed by atoms with Crippen molar-refractivity contribution >= 4 is 38.6 Å². The molecule has 1 heteroatoms. The summed E-state index contributed by atoms with van der Waals surface area (Å²) in [5.41, 5.74) is 14.2. The first kappa shape index (κ1) is 34.1. The largest absolute Gasteiger partial charge is 0.309 e. The van der Waals surface area contributed by atoms with Gasteiger partial charge in [-0.05, 0) is 90.2 Å². The Kier molecular flexibility index (Phi) is 8.84. The Morgan fingerprint density at radius 1 is 0.345 bits per heavy atom. The summed E-state index contributed by atoms with van der Waals surface area (Å²) in [6, 6.07) is 75.3. The molecule has 0 bridgehead atoms. The third-order valence-corrected chi connectivity index (χ3v) is 10.8. The third-order valence-electron chi connectivity index (χ3n) is 10.8. The van der Waals surface area contributed by atoms with E-state index in [1.165, 1.54) is 71.6 Å². The zero-order valence-electron chi connectivity index (χ0n) is 31.6. The van der Waals surface area contributed by atoms with E-state index in [0.29, 0.717) is 0 Å². The van der Waals surface area contributed by atoms with Crippen molar-refractivity contribution in [3.63, 3.8) is 0 Å². The predicted molar refractivity (Wildman–Crippen MR) is 237 cm³/mol. The first-order chi connectivity index (χ1) is 26.9. The van der Waals surface area contributed by atoms with E-state index in [-0.39, 0.29) is 5.41 Å². The van der Waals surface area contributed by atoms with Gasteiger partial charge in [0.05, 0.1) is 11.4 Å². The Morgan fingerprint density at radius 3 is 1.58 bits per heavy atom. The summed E-state index contributed by atoms with van der Waals surface area (Å²) in [6.45, 7) is 6.90. The lowest BCUT2D eigenvalue weighted by Crippen LogP contribution is -2.16. The van der Waals surface area contributed by atoms with E-state index in [1.807, 2.05) is 0 Å². The van der Waals surface area contributed by atoms with Crippen molar-refractivity contribution in [1.29, 1.82) is 0 Å². The minimum absolute atomic E-state index is 0.0480. The molecule has 9 aromatic rings. The average Bonchev–Trinajstić information content (AvgIpc) is 3.24. The van der Waals surface area contributed by atoms with Crippen LogP contribution in [0.1, 0.15) is 26.3 Å². The van der Waals surface area contributed by atoms with Crippen molar-refractivity contribution in [3.05, 3.63) is 212 Å². The Hall–Kier alpha value is -6.70. The van der Waals surface area contributed by atoms with Crippen LogP contribution in [0.25, 0.3) is 66.1 Å². The number of nitrogens with zero attached hydrogens (tertiary/aromatic N) is 1. The number of fused-ring (bicyclic) bond motifs is 2. The van der Waals surface area contributed by atoms with Crippen LogP contribution in [0.4, 0.5) is 17.1 Å². The monoisotopic (exact) mass is 705 g/mol. The van der Waals surface area contributed by atoms with Gasteiger partial charge in [0.15, 0.2) is 0 Å². The highest BCUT2D eigenvalue weighted by molar-refractivity contribution is 6.09. The molecule has 0 N–H and O–H groups in total. The molecule has 0 aromatic heterocycles. The van der Waals surface area contributed by atoms with Gasteiger partial charge < -0.3 is 4.90 Å². The number of benzene rings is 9. The van der Waals surface area contributed by atoms with Crippen molar-refractivity contribution in [2.24, 2.45) is 0 Å². The molecule has 0 atom stereocenters. The molecule has 0 amide bonds. The van der Waals surface area contributed by atoms with Crippen LogP contribution >= 0.6 is 0 Å². The molecule has 0 saturated heterocycles. The minimum Gasteiger partial charge on any atom is -0.309 e. The highest BCUT2D eigenvalue weighted by Gasteiger charge is 2.24. The predicted octanol–water partition coefficient (Wildman–Crippen LogP) is 15.4. The van der Waals surface area contributed by atoms with Crippen LogP contribution in [-0.2, 0) is 5.41 Å². The lowest BCUT2D eigenvalue weighted by atomic mass is 9.85. The molecule has 1 nitrogen and oxygen atoms in total. The van der Waals surface area contributed by atoms with Crippen molar-refractivity contribution in [2.45, 2.75) is 26.2 Å². The normalized spacial score (nSPS) is 11.5. The smallest absolute Gasteiger partial charge is 0.0543 e. The molecule has 55 heavy (non-hydrogen) atoms. The third kappa shape index (κ3) is 6.49. The summed E-state index contributed by atoms with van der Waals surface area (Å²) in [7, 11) is 0. The molecular weight excluding hydrogens is 663 g/mol. The molecule has 0 saturated carbocycles. The number of anilines is 3. The van der Waals surface area contributed by atoms with E-state index < -0.39 is 0 Å². The molecule has 0 aliphatic rings. The van der Waals surface area contributed by atoms with E-state index in [2.05, 4.69) is 232 Å². The Bertz CT molecular complexity index is 2760. The molecule has 0 radical (unpaired) electrons. The maximum absolute atomic E-state index is 2.49. The number of hydrogen-bond donors (Lipinski definition) is 0. The van der Waals surface area contributed by atoms with Crippen LogP contribution in [0, 0.1) is 0 Å². The summed E-state index contributed by atoms with van der Waals surface area (Å²) in [5.74, 6) is 0. The van der Waals surface area contributed by atoms with Crippen molar-refractivity contribution in [3.8, 4) is 44.5 Å². The number of hydrogen-bond acceptors (Lipinski definition) is 1. The second kappa shape index (κ2) is 14.3. The molecule has 0 spiro atoms. The Morgan fingerprint density at radius 2 is 0.873 bits per heavy atom. The van der Waals surface area contributed by atoms with Gasteiger partial charge in [0.25, 0.3) is 0 Å². The fourth-order valence-corrected chi connectivity index (χ4v) is 8.04. The number of rotatable bonds is 7. The number of para-hydroxylation sites is 1. The first-order valence-electron chi connectivity index (χ1n) is 19.2. The van der Waals surface area contributed by atoms with Crippen molar-refractivity contribution in [1.82, 2.24) is 0 Å². The van der Waals surface area contributed by atoms with Gasteiger partial charge in [0.2, 0.25) is 0 Å². The summed E-state index contributed by atoms with van der Waals surface area (Å²) in [4.78, 5) is 2.49. The van der Waals surface area contributed by atoms with Crippen LogP contribution in [0.15, 0.2) is 206 Å². The topological polar surface area (TPSA) is 3.24 Å². The van der Waals surface area contributed by atoms with Crippen LogP contribution in [0.5, 0.6) is 0 Å². The van der Waals surface area contributed by atoms with Crippen LogP contribution < -0.4 is 4.90 Å². The summed E-state index contributed by atoms with van der Waals surface area (Å²) in [6.07, 6.45) is 0. The first-order valence-corrected chi connectivity index (χ1v) is 19.2. The van der Waals surface area contributed by atoms with Crippen molar-refractivity contribution < 1.29 is 0 Å². The molecule has 0 aliphatic heterocycles. The zero-order chi connectivity index (χ0) is 37.4. The average molecular weight is 706 g/mol. The quantitative estimate of drug-likeness (QED) is 0.160. The fourth-order valence-electron chi connectivity index (χ4n) is 8.04. The van der Waals surface area contributed by atoms with Gasteiger partial charge in [-0.3, -0.25) is 0 Å². The van der Waals surface area contributed by atoms with Gasteiger partial charge in [0.1, 0.15) is 0 Å². The standard InChI is InChI=1S/C54H43N/c1-54(2,3)43-33-36-47(39-17-6-4-7-18-39)52(37-43)55(44-34-31-41(32-35-44)46-27-14-22-38-21-10-11-25-45(38)46)51-30-13-12-26-49(51)50-29-16-24-42-23-15-28-48(53(42)50)40-19-8-5-9-20-40/h4-37H,1-3H3. The van der Waals surface area contributed by atoms with Gasteiger partial charge >= 0.3 is 0 Å². The molecule has 0 unspecified atom stereocenters. The van der Waals surface area contributed by atoms with Gasteiger partial charge in [-0.15, -0.1) is 0 Å². The van der Waals surface area contributed by atoms with Crippen LogP contribution in [0.3, 0.4) is 0 Å². The lowest BCUT2D eigenvalue weighted by molar-refractivity contribution is 0.590. The second-order valence-corrected chi connectivity index (χ2v) is 15.3. The maximum atomic E-state index is 2.49. The summed E-state index contributed by atoms with van der Waals surface area (Å²) in [5, 5.41) is 4.98. The van der Waals surface area contributed by atoms with Crippen LogP contribution in [0.2, 0.25) is 0 Å². The van der Waals surface area contributed by atoms with Gasteiger partial charge in [-0.1, -0.05) is 203 Å². The van der Waals surface area contributed by atoms with E-state index in [9.17, 15) is 0 Å².